The minimum atomic E-state index is -0.649. The molecule has 0 saturated heterocycles. The summed E-state index contributed by atoms with van der Waals surface area (Å²) in [6.07, 6.45) is 4.87. The Hall–Kier alpha value is -2.54. The molecule has 0 aliphatic carbocycles. The first kappa shape index (κ1) is 25.5. The van der Waals surface area contributed by atoms with E-state index in [4.69, 9.17) is 14.2 Å². The topological polar surface area (TPSA) is 68.3 Å². The third kappa shape index (κ3) is 4.92. The van der Waals surface area contributed by atoms with Gasteiger partial charge in [-0.15, -0.1) is 0 Å². The summed E-state index contributed by atoms with van der Waals surface area (Å²) < 4.78 is 16.7. The van der Waals surface area contributed by atoms with Crippen LogP contribution < -0.4 is 9.64 Å². The minimum Gasteiger partial charge on any atom is -0.495 e. The first-order valence-electron chi connectivity index (χ1n) is 12.8. The van der Waals surface area contributed by atoms with Crippen molar-refractivity contribution in [1.82, 2.24) is 4.90 Å². The molecule has 0 fully saturated rings. The van der Waals surface area contributed by atoms with Gasteiger partial charge in [0.2, 0.25) is 0 Å². The number of carbonyl (C=O) groups is 2. The number of esters is 1. The smallest absolute Gasteiger partial charge is 0.343 e. The first-order chi connectivity index (χ1) is 16.6. The van der Waals surface area contributed by atoms with Crippen molar-refractivity contribution in [3.8, 4) is 5.75 Å². The van der Waals surface area contributed by atoms with E-state index >= 15 is 0 Å². The molecule has 7 heteroatoms. The molecule has 0 N–H and O–H groups in total. The van der Waals surface area contributed by atoms with E-state index in [2.05, 4.69) is 29.7 Å². The molecule has 2 atom stereocenters. The molecule has 35 heavy (non-hydrogen) atoms. The van der Waals surface area contributed by atoms with Crippen LogP contribution in [0.1, 0.15) is 70.2 Å². The zero-order chi connectivity index (χ0) is 25.5. The number of anilines is 1. The van der Waals surface area contributed by atoms with E-state index in [1.54, 1.807) is 20.4 Å². The molecule has 0 bridgehead atoms. The average molecular weight is 485 g/mol. The van der Waals surface area contributed by atoms with Crippen LogP contribution in [-0.2, 0) is 31.9 Å². The molecule has 1 aromatic rings. The number of fused-ring (bicyclic) bond motifs is 5. The Kier molecular flexibility index (Phi) is 7.18. The summed E-state index contributed by atoms with van der Waals surface area (Å²) in [6, 6.07) is 2.22. The maximum atomic E-state index is 13.2. The molecule has 2 unspecified atom stereocenters. The van der Waals surface area contributed by atoms with Crippen LogP contribution in [0.3, 0.4) is 0 Å². The van der Waals surface area contributed by atoms with Crippen LogP contribution in [-0.4, -0.2) is 62.2 Å². The Labute approximate surface area is 209 Å². The highest BCUT2D eigenvalue weighted by Crippen LogP contribution is 2.49. The lowest BCUT2D eigenvalue weighted by atomic mass is 9.78. The summed E-state index contributed by atoms with van der Waals surface area (Å²) in [4.78, 5) is 30.7. The van der Waals surface area contributed by atoms with E-state index in [0.717, 1.165) is 50.3 Å². The highest BCUT2D eigenvalue weighted by Gasteiger charge is 2.43. The molecule has 4 rings (SSSR count). The van der Waals surface area contributed by atoms with E-state index in [0.29, 0.717) is 5.92 Å². The van der Waals surface area contributed by atoms with Gasteiger partial charge in [-0.2, -0.15) is 0 Å². The molecule has 3 heterocycles. The van der Waals surface area contributed by atoms with Gasteiger partial charge in [-0.3, -0.25) is 4.79 Å². The lowest BCUT2D eigenvalue weighted by Crippen LogP contribution is -2.47. The summed E-state index contributed by atoms with van der Waals surface area (Å²) in [5, 5.41) is 0. The van der Waals surface area contributed by atoms with Crippen LogP contribution in [0, 0.1) is 5.92 Å². The van der Waals surface area contributed by atoms with Crippen LogP contribution in [0.25, 0.3) is 0 Å². The van der Waals surface area contributed by atoms with Crippen molar-refractivity contribution in [2.45, 2.75) is 78.0 Å². The van der Waals surface area contributed by atoms with E-state index in [1.807, 2.05) is 20.8 Å². The summed E-state index contributed by atoms with van der Waals surface area (Å²) >= 11 is 0. The molecule has 3 aliphatic rings. The fourth-order valence-electron chi connectivity index (χ4n) is 5.75. The molecule has 192 valence electrons. The first-order valence-corrected chi connectivity index (χ1v) is 12.8. The van der Waals surface area contributed by atoms with Crippen molar-refractivity contribution in [3.63, 3.8) is 0 Å². The Morgan fingerprint density at radius 3 is 2.54 bits per heavy atom. The third-order valence-corrected chi connectivity index (χ3v) is 7.32. The minimum absolute atomic E-state index is 0.105. The van der Waals surface area contributed by atoms with Crippen molar-refractivity contribution in [2.24, 2.45) is 5.92 Å². The average Bonchev–Trinajstić information content (AvgIpc) is 3.20. The Bertz CT molecular complexity index is 1020. The Balaban J connectivity index is 1.75. The predicted molar refractivity (Wildman–Crippen MR) is 136 cm³/mol. The Morgan fingerprint density at radius 2 is 1.91 bits per heavy atom. The van der Waals surface area contributed by atoms with Crippen molar-refractivity contribution >= 4 is 17.4 Å². The van der Waals surface area contributed by atoms with E-state index in [9.17, 15) is 9.59 Å². The number of ketones is 1. The van der Waals surface area contributed by atoms with Crippen LogP contribution in [0.2, 0.25) is 0 Å². The molecule has 0 spiro atoms. The second-order valence-corrected chi connectivity index (χ2v) is 11.2. The van der Waals surface area contributed by atoms with Crippen molar-refractivity contribution in [3.05, 3.63) is 34.5 Å². The fourth-order valence-corrected chi connectivity index (χ4v) is 5.75. The maximum absolute atomic E-state index is 13.2. The van der Waals surface area contributed by atoms with Crippen LogP contribution in [0.15, 0.2) is 17.8 Å². The molecule has 1 aromatic carbocycles. The molecule has 0 radical (unpaired) electrons. The van der Waals surface area contributed by atoms with Crippen LogP contribution in [0.5, 0.6) is 5.75 Å². The van der Waals surface area contributed by atoms with Gasteiger partial charge in [0, 0.05) is 45.5 Å². The molecule has 7 nitrogen and oxygen atoms in total. The van der Waals surface area contributed by atoms with Gasteiger partial charge in [0.15, 0.2) is 5.78 Å². The number of hydrogen-bond donors (Lipinski definition) is 0. The number of benzene rings is 1. The zero-order valence-corrected chi connectivity index (χ0v) is 22.3. The fraction of sp³-hybridized carbons (Fsp3) is 0.643. The maximum Gasteiger partial charge on any atom is 0.343 e. The normalized spacial score (nSPS) is 21.5. The molecule has 0 saturated carbocycles. The largest absolute Gasteiger partial charge is 0.495 e. The van der Waals surface area contributed by atoms with Crippen molar-refractivity contribution in [1.29, 1.82) is 0 Å². The Morgan fingerprint density at radius 1 is 1.17 bits per heavy atom. The number of ether oxygens (including phenoxy) is 3. The van der Waals surface area contributed by atoms with Gasteiger partial charge in [-0.25, -0.2) is 4.79 Å². The monoisotopic (exact) mass is 484 g/mol. The quantitative estimate of drug-likeness (QED) is 0.326. The summed E-state index contributed by atoms with van der Waals surface area (Å²) in [5.74, 6) is 0.530. The second-order valence-electron chi connectivity index (χ2n) is 11.2. The number of methoxy groups -OCH3 is 2. The highest BCUT2D eigenvalue weighted by molar-refractivity contribution is 6.18. The molecular formula is C28H40N2O5. The number of hydrogen-bond acceptors (Lipinski definition) is 7. The van der Waals surface area contributed by atoms with Gasteiger partial charge < -0.3 is 24.0 Å². The van der Waals surface area contributed by atoms with Gasteiger partial charge in [0.25, 0.3) is 0 Å². The van der Waals surface area contributed by atoms with Gasteiger partial charge >= 0.3 is 5.97 Å². The lowest BCUT2D eigenvalue weighted by molar-refractivity contribution is -0.151. The summed E-state index contributed by atoms with van der Waals surface area (Å²) in [6.45, 7) is 12.5. The molecule has 0 aromatic heterocycles. The van der Waals surface area contributed by atoms with Crippen LogP contribution >= 0.6 is 0 Å². The van der Waals surface area contributed by atoms with Crippen molar-refractivity contribution in [2.75, 3.05) is 38.8 Å². The highest BCUT2D eigenvalue weighted by atomic mass is 16.6. The van der Waals surface area contributed by atoms with E-state index in [-0.39, 0.29) is 29.9 Å². The van der Waals surface area contributed by atoms with Gasteiger partial charge in [-0.05, 0) is 68.7 Å². The molecule has 3 aliphatic heterocycles. The number of rotatable bonds is 7. The van der Waals surface area contributed by atoms with Gasteiger partial charge in [0.1, 0.15) is 16.9 Å². The number of nitrogens with zero attached hydrogens (tertiary/aromatic N) is 2. The lowest BCUT2D eigenvalue weighted by Gasteiger charge is -2.47. The van der Waals surface area contributed by atoms with Gasteiger partial charge in [-0.1, -0.05) is 13.8 Å². The molecular weight excluding hydrogens is 444 g/mol. The summed E-state index contributed by atoms with van der Waals surface area (Å²) in [5.41, 5.74) is 4.58. The zero-order valence-electron chi connectivity index (χ0n) is 22.3. The standard InChI is InChI=1S/C28H40N2O5/c1-17(2)22-13-19-18-9-11-29(10-8-12-33-6)26(18)25(34-7)14-20(19)23-15-24(31)21(16-30(22)23)27(32)35-28(3,4)5/h14,16-17,22-23H,8-13,15H2,1-7H3. The predicted octanol–water partition coefficient (Wildman–Crippen LogP) is 4.22. The summed E-state index contributed by atoms with van der Waals surface area (Å²) in [7, 11) is 3.46. The molecule has 0 amide bonds. The second kappa shape index (κ2) is 9.84. The SMILES string of the molecule is COCCCN1CCc2c3c(cc(OC)c21)C1CC(=O)C(C(=O)OC(C)(C)C)=CN1C(C(C)C)C3. The van der Waals surface area contributed by atoms with E-state index < -0.39 is 11.6 Å². The van der Waals surface area contributed by atoms with Gasteiger partial charge in [0.05, 0.1) is 18.8 Å². The number of Topliss-reactive ketones (excluding diaryl/α,β-unsaturated/α-hetero) is 1. The van der Waals surface area contributed by atoms with E-state index in [1.165, 1.54) is 16.8 Å². The van der Waals surface area contributed by atoms with Crippen molar-refractivity contribution < 1.29 is 23.8 Å². The number of carbonyl (C=O) groups excluding carboxylic acids is 2. The third-order valence-electron chi connectivity index (χ3n) is 7.32. The van der Waals surface area contributed by atoms with Crippen LogP contribution in [0.4, 0.5) is 5.69 Å².